The van der Waals surface area contributed by atoms with E-state index in [1.165, 1.54) is 24.3 Å². The minimum absolute atomic E-state index is 0.354. The molecule has 0 aliphatic carbocycles. The van der Waals surface area contributed by atoms with Crippen molar-refractivity contribution in [2.45, 2.75) is 13.0 Å². The Kier molecular flexibility index (Phi) is 3.69. The third-order valence-electron chi connectivity index (χ3n) is 3.89. The summed E-state index contributed by atoms with van der Waals surface area (Å²) >= 11 is 5.93. The molecule has 0 saturated carbocycles. The highest BCUT2D eigenvalue weighted by Gasteiger charge is 2.24. The Bertz CT molecular complexity index is 875. The molecule has 1 aromatic carbocycles. The van der Waals surface area contributed by atoms with Gasteiger partial charge in [0.25, 0.3) is 0 Å². The second kappa shape index (κ2) is 5.87. The number of nitrogens with zero attached hydrogens (tertiary/aromatic N) is 3. The first-order valence-corrected chi connectivity index (χ1v) is 7.78. The van der Waals surface area contributed by atoms with Crippen LogP contribution in [0.2, 0.25) is 5.02 Å². The van der Waals surface area contributed by atoms with Gasteiger partial charge in [0.1, 0.15) is 28.8 Å². The summed E-state index contributed by atoms with van der Waals surface area (Å²) in [7, 11) is 0. The van der Waals surface area contributed by atoms with Crippen LogP contribution in [0.25, 0.3) is 11.6 Å². The summed E-state index contributed by atoms with van der Waals surface area (Å²) in [6.45, 7) is 1.15. The first kappa shape index (κ1) is 15.1. The lowest BCUT2D eigenvalue weighted by Gasteiger charge is -2.27. The van der Waals surface area contributed by atoms with E-state index in [0.717, 1.165) is 17.7 Å². The minimum Gasteiger partial charge on any atom is -0.439 e. The Hall–Kier alpha value is -2.47. The quantitative estimate of drug-likeness (QED) is 0.695. The summed E-state index contributed by atoms with van der Waals surface area (Å²) in [5, 5.41) is 0.354. The third kappa shape index (κ3) is 2.85. The van der Waals surface area contributed by atoms with Crippen molar-refractivity contribution in [3.05, 3.63) is 64.6 Å². The van der Waals surface area contributed by atoms with Crippen LogP contribution in [0.4, 0.5) is 14.5 Å². The molecule has 24 heavy (non-hydrogen) atoms. The molecule has 3 heterocycles. The summed E-state index contributed by atoms with van der Waals surface area (Å²) in [5.74, 6) is 0.345. The van der Waals surface area contributed by atoms with Gasteiger partial charge in [-0.25, -0.2) is 18.7 Å². The molecule has 0 spiro atoms. The molecule has 3 aromatic rings. The Labute approximate surface area is 141 Å². The van der Waals surface area contributed by atoms with E-state index in [-0.39, 0.29) is 5.82 Å². The van der Waals surface area contributed by atoms with E-state index in [2.05, 4.69) is 9.97 Å². The molecule has 4 rings (SSSR count). The van der Waals surface area contributed by atoms with Crippen LogP contribution in [0.3, 0.4) is 0 Å². The van der Waals surface area contributed by atoms with Crippen LogP contribution in [0.1, 0.15) is 11.5 Å². The zero-order valence-corrected chi connectivity index (χ0v) is 13.2. The maximum atomic E-state index is 13.6. The monoisotopic (exact) mass is 347 g/mol. The van der Waals surface area contributed by atoms with Gasteiger partial charge in [-0.15, -0.1) is 0 Å². The van der Waals surface area contributed by atoms with Gasteiger partial charge >= 0.3 is 0 Å². The van der Waals surface area contributed by atoms with Crippen molar-refractivity contribution in [2.24, 2.45) is 0 Å². The van der Waals surface area contributed by atoms with Crippen molar-refractivity contribution in [2.75, 3.05) is 11.4 Å². The Balaban J connectivity index is 1.62. The fourth-order valence-electron chi connectivity index (χ4n) is 2.75. The predicted molar refractivity (Wildman–Crippen MR) is 85.9 cm³/mol. The summed E-state index contributed by atoms with van der Waals surface area (Å²) < 4.78 is 32.3. The van der Waals surface area contributed by atoms with E-state index in [9.17, 15) is 8.78 Å². The van der Waals surface area contributed by atoms with Gasteiger partial charge in [0.2, 0.25) is 5.89 Å². The van der Waals surface area contributed by atoms with E-state index >= 15 is 0 Å². The zero-order valence-electron chi connectivity index (χ0n) is 12.5. The number of halogens is 3. The summed E-state index contributed by atoms with van der Waals surface area (Å²) in [4.78, 5) is 10.4. The van der Waals surface area contributed by atoms with E-state index < -0.39 is 5.82 Å². The highest BCUT2D eigenvalue weighted by molar-refractivity contribution is 6.30. The zero-order chi connectivity index (χ0) is 16.7. The van der Waals surface area contributed by atoms with E-state index in [0.29, 0.717) is 41.8 Å². The average molecular weight is 348 g/mol. The lowest BCUT2D eigenvalue weighted by molar-refractivity contribution is 0.497. The maximum Gasteiger partial charge on any atom is 0.245 e. The molecule has 0 unspecified atom stereocenters. The molecule has 0 fully saturated rings. The molecule has 0 amide bonds. The molecule has 0 saturated heterocycles. The smallest absolute Gasteiger partial charge is 0.245 e. The molecule has 0 atom stereocenters. The number of fused-ring (bicyclic) bond motifs is 1. The predicted octanol–water partition coefficient (Wildman–Crippen LogP) is 4.23. The highest BCUT2D eigenvalue weighted by atomic mass is 35.5. The highest BCUT2D eigenvalue weighted by Crippen LogP contribution is 2.29. The number of benzene rings is 1. The van der Waals surface area contributed by atoms with Crippen molar-refractivity contribution in [3.8, 4) is 11.6 Å². The van der Waals surface area contributed by atoms with E-state index in [1.807, 2.05) is 4.90 Å². The van der Waals surface area contributed by atoms with Crippen molar-refractivity contribution < 1.29 is 13.2 Å². The van der Waals surface area contributed by atoms with E-state index in [1.54, 1.807) is 6.07 Å². The fourth-order valence-corrected chi connectivity index (χ4v) is 2.97. The van der Waals surface area contributed by atoms with Crippen molar-refractivity contribution >= 4 is 17.3 Å². The second-order valence-electron chi connectivity index (χ2n) is 5.55. The summed E-state index contributed by atoms with van der Waals surface area (Å²) in [6.07, 6.45) is 1.76. The molecule has 122 valence electrons. The molecule has 0 bridgehead atoms. The van der Waals surface area contributed by atoms with Gasteiger partial charge < -0.3 is 9.32 Å². The standard InChI is InChI=1S/C17H12ClF2N3O/c18-10-5-12(20)7-13(6-10)23-4-3-16-15(9-23)22-17(24-16)14-2-1-11(19)8-21-14/h1-2,5-8H,3-4,9H2. The van der Waals surface area contributed by atoms with Gasteiger partial charge in [-0.1, -0.05) is 11.6 Å². The summed E-state index contributed by atoms with van der Waals surface area (Å²) in [5.41, 5.74) is 1.95. The van der Waals surface area contributed by atoms with Crippen LogP contribution in [0.5, 0.6) is 0 Å². The summed E-state index contributed by atoms with van der Waals surface area (Å²) in [6, 6.07) is 7.27. The van der Waals surface area contributed by atoms with Crippen LogP contribution in [0, 0.1) is 11.6 Å². The van der Waals surface area contributed by atoms with Gasteiger partial charge in [-0.3, -0.25) is 0 Å². The molecule has 4 nitrogen and oxygen atoms in total. The number of oxazole rings is 1. The van der Waals surface area contributed by atoms with Crippen molar-refractivity contribution in [1.29, 1.82) is 0 Å². The number of rotatable bonds is 2. The van der Waals surface area contributed by atoms with Gasteiger partial charge in [-0.2, -0.15) is 0 Å². The number of aromatic nitrogens is 2. The minimum atomic E-state index is -0.413. The molecule has 1 aliphatic heterocycles. The van der Waals surface area contributed by atoms with Crippen molar-refractivity contribution in [3.63, 3.8) is 0 Å². The van der Waals surface area contributed by atoms with Gasteiger partial charge in [-0.05, 0) is 30.3 Å². The lowest BCUT2D eigenvalue weighted by Crippen LogP contribution is -2.30. The molecule has 1 aliphatic rings. The average Bonchev–Trinajstić information content (AvgIpc) is 2.97. The number of anilines is 1. The maximum absolute atomic E-state index is 13.6. The van der Waals surface area contributed by atoms with Crippen LogP contribution >= 0.6 is 11.6 Å². The van der Waals surface area contributed by atoms with E-state index in [4.69, 9.17) is 16.0 Å². The molecular weight excluding hydrogens is 336 g/mol. The first-order valence-electron chi connectivity index (χ1n) is 7.40. The fraction of sp³-hybridized carbons (Fsp3) is 0.176. The molecule has 2 aromatic heterocycles. The molecular formula is C17H12ClF2N3O. The Morgan fingerprint density at radius 1 is 1.12 bits per heavy atom. The Morgan fingerprint density at radius 3 is 2.75 bits per heavy atom. The van der Waals surface area contributed by atoms with Gasteiger partial charge in [0.15, 0.2) is 0 Å². The Morgan fingerprint density at radius 2 is 2.00 bits per heavy atom. The third-order valence-corrected chi connectivity index (χ3v) is 4.10. The van der Waals surface area contributed by atoms with Crippen LogP contribution in [-0.2, 0) is 13.0 Å². The SMILES string of the molecule is Fc1ccc(-c2nc3c(o2)CCN(c2cc(F)cc(Cl)c2)C3)nc1. The molecule has 7 heteroatoms. The lowest BCUT2D eigenvalue weighted by atomic mass is 10.1. The largest absolute Gasteiger partial charge is 0.439 e. The van der Waals surface area contributed by atoms with Crippen LogP contribution in [0.15, 0.2) is 40.9 Å². The molecule has 0 radical (unpaired) electrons. The first-order chi connectivity index (χ1) is 11.6. The van der Waals surface area contributed by atoms with Crippen LogP contribution in [-0.4, -0.2) is 16.5 Å². The normalized spacial score (nSPS) is 13.9. The second-order valence-corrected chi connectivity index (χ2v) is 5.99. The number of hydrogen-bond donors (Lipinski definition) is 0. The van der Waals surface area contributed by atoms with Gasteiger partial charge in [0, 0.05) is 23.7 Å². The van der Waals surface area contributed by atoms with Gasteiger partial charge in [0.05, 0.1) is 12.7 Å². The van der Waals surface area contributed by atoms with Crippen molar-refractivity contribution in [1.82, 2.24) is 9.97 Å². The topological polar surface area (TPSA) is 42.2 Å². The molecule has 0 N–H and O–H groups in total. The number of pyridine rings is 1. The van der Waals surface area contributed by atoms with Crippen LogP contribution < -0.4 is 4.90 Å². The number of hydrogen-bond acceptors (Lipinski definition) is 4.